The molecule has 0 heterocycles. The van der Waals surface area contributed by atoms with Crippen LogP contribution in [0.4, 0.5) is 17.1 Å². The molecule has 0 radical (unpaired) electrons. The van der Waals surface area contributed by atoms with Crippen molar-refractivity contribution in [2.75, 3.05) is 4.90 Å². The van der Waals surface area contributed by atoms with Crippen LogP contribution in [0.1, 0.15) is 0 Å². The Bertz CT molecular complexity index is 5280. The average Bonchev–Trinajstić information content (AvgIpc) is 1.59. The lowest BCUT2D eigenvalue weighted by molar-refractivity contribution is 1.28. The molecule has 0 saturated heterocycles. The van der Waals surface area contributed by atoms with Gasteiger partial charge in [-0.2, -0.15) is 0 Å². The Morgan fingerprint density at radius 1 is 0.132 bits per heavy atom. The number of para-hydroxylation sites is 1. The minimum atomic E-state index is 1.09. The van der Waals surface area contributed by atoms with Crippen molar-refractivity contribution in [1.82, 2.24) is 0 Å². The number of fused-ring (bicyclic) bond motifs is 7. The van der Waals surface area contributed by atoms with Gasteiger partial charge in [0, 0.05) is 17.1 Å². The molecule has 2 aliphatic carbocycles. The predicted molar refractivity (Wildman–Crippen MR) is 386 cm³/mol. The molecular formula is C90H57N. The number of anilines is 3. The van der Waals surface area contributed by atoms with Crippen molar-refractivity contribution in [1.29, 1.82) is 0 Å². The molecule has 1 heteroatoms. The van der Waals surface area contributed by atoms with E-state index in [9.17, 15) is 0 Å². The summed E-state index contributed by atoms with van der Waals surface area (Å²) in [7, 11) is 0. The van der Waals surface area contributed by atoms with Crippen LogP contribution in [-0.4, -0.2) is 0 Å². The first kappa shape index (κ1) is 52.2. The zero-order valence-corrected chi connectivity index (χ0v) is 49.9. The normalized spacial score (nSPS) is 11.7. The molecule has 0 fully saturated rings. The topological polar surface area (TPSA) is 3.24 Å². The predicted octanol–water partition coefficient (Wildman–Crippen LogP) is 25.2. The summed E-state index contributed by atoms with van der Waals surface area (Å²) in [4.78, 5) is 2.38. The molecule has 2 aliphatic rings. The van der Waals surface area contributed by atoms with Crippen molar-refractivity contribution in [2.24, 2.45) is 0 Å². The van der Waals surface area contributed by atoms with E-state index in [2.05, 4.69) is 351 Å². The Hall–Kier alpha value is -11.9. The molecule has 0 saturated carbocycles. The zero-order chi connectivity index (χ0) is 59.9. The maximum absolute atomic E-state index is 2.41. The van der Waals surface area contributed by atoms with E-state index in [1.165, 1.54) is 166 Å². The summed E-state index contributed by atoms with van der Waals surface area (Å²) in [5, 5.41) is 7.63. The summed E-state index contributed by atoms with van der Waals surface area (Å²) in [5.41, 5.74) is 33.1. The van der Waals surface area contributed by atoms with Crippen LogP contribution in [0.2, 0.25) is 0 Å². The number of hydrogen-bond donors (Lipinski definition) is 0. The monoisotopic (exact) mass is 1150 g/mol. The van der Waals surface area contributed by atoms with Crippen LogP contribution < -0.4 is 4.90 Å². The summed E-state index contributed by atoms with van der Waals surface area (Å²) in [6, 6.07) is 128. The second-order valence-corrected chi connectivity index (χ2v) is 24.0. The van der Waals surface area contributed by atoms with Gasteiger partial charge in [0.25, 0.3) is 0 Å². The van der Waals surface area contributed by atoms with Gasteiger partial charge in [0.05, 0.1) is 0 Å². The largest absolute Gasteiger partial charge is 0.311 e. The number of nitrogens with zero attached hydrogens (tertiary/aromatic N) is 1. The van der Waals surface area contributed by atoms with Gasteiger partial charge in [0.15, 0.2) is 0 Å². The summed E-state index contributed by atoms with van der Waals surface area (Å²) < 4.78 is 0. The number of benzene rings is 16. The molecule has 91 heavy (non-hydrogen) atoms. The van der Waals surface area contributed by atoms with Crippen LogP contribution in [0.5, 0.6) is 0 Å². The van der Waals surface area contributed by atoms with Crippen molar-refractivity contribution in [3.05, 3.63) is 346 Å². The maximum Gasteiger partial charge on any atom is 0.0462 e. The van der Waals surface area contributed by atoms with E-state index in [4.69, 9.17) is 0 Å². The Balaban J connectivity index is 0.755. The fraction of sp³-hybridized carbons (Fsp3) is 0. The van der Waals surface area contributed by atoms with Crippen molar-refractivity contribution >= 4 is 49.4 Å². The Kier molecular flexibility index (Phi) is 12.3. The molecule has 0 atom stereocenters. The molecule has 1 nitrogen and oxygen atoms in total. The third-order valence-electron chi connectivity index (χ3n) is 19.1. The second kappa shape index (κ2) is 21.5. The molecular weight excluding hydrogens is 1090 g/mol. The van der Waals surface area contributed by atoms with Gasteiger partial charge in [-0.15, -0.1) is 0 Å². The molecule has 0 N–H and O–H groups in total. The molecule has 0 aromatic heterocycles. The van der Waals surface area contributed by atoms with Crippen molar-refractivity contribution in [3.8, 4) is 134 Å². The van der Waals surface area contributed by atoms with Crippen molar-refractivity contribution < 1.29 is 0 Å². The van der Waals surface area contributed by atoms with Crippen LogP contribution in [0.15, 0.2) is 346 Å². The van der Waals surface area contributed by atoms with E-state index in [0.29, 0.717) is 0 Å². The SMILES string of the molecule is c1ccc(-c2c(-c3ccccc3)c(-c3ccccc3)c3c(c2-c2ccccc2)-c2cccc4c(-c5ccc(N(c6ccccc6)c6ccc(-c7ccc8c9c(cccc79)-c7c-8c(-c8ccccc8)c8ccccc8c7-c7ccccc7)cc6)cc5)ccc-3c24)cc1. The molecule has 0 bridgehead atoms. The number of hydrogen-bond acceptors (Lipinski definition) is 1. The second-order valence-electron chi connectivity index (χ2n) is 24.0. The Labute approximate surface area is 530 Å². The van der Waals surface area contributed by atoms with Crippen molar-refractivity contribution in [3.63, 3.8) is 0 Å². The van der Waals surface area contributed by atoms with Gasteiger partial charge in [0.1, 0.15) is 0 Å². The maximum atomic E-state index is 2.41. The van der Waals surface area contributed by atoms with Gasteiger partial charge in [-0.25, -0.2) is 0 Å². The first-order valence-corrected chi connectivity index (χ1v) is 31.6. The minimum Gasteiger partial charge on any atom is -0.311 e. The van der Waals surface area contributed by atoms with E-state index in [1.807, 2.05) is 0 Å². The van der Waals surface area contributed by atoms with Gasteiger partial charge in [-0.3, -0.25) is 0 Å². The molecule has 0 unspecified atom stereocenters. The molecule has 0 spiro atoms. The lowest BCUT2D eigenvalue weighted by atomic mass is 9.76. The fourth-order valence-corrected chi connectivity index (χ4v) is 15.4. The van der Waals surface area contributed by atoms with E-state index in [1.54, 1.807) is 0 Å². The third-order valence-corrected chi connectivity index (χ3v) is 19.1. The quantitative estimate of drug-likeness (QED) is 0.125. The molecule has 0 amide bonds. The Morgan fingerprint density at radius 3 is 0.714 bits per heavy atom. The molecule has 422 valence electrons. The molecule has 16 aromatic rings. The van der Waals surface area contributed by atoms with E-state index in [-0.39, 0.29) is 0 Å². The van der Waals surface area contributed by atoms with Crippen LogP contribution in [-0.2, 0) is 0 Å². The van der Waals surface area contributed by atoms with E-state index in [0.717, 1.165) is 17.1 Å². The van der Waals surface area contributed by atoms with Gasteiger partial charge in [-0.05, 0) is 202 Å². The standard InChI is InChI=1S/C90H57N/c1-8-26-60(27-9-1)79-73-40-22-23-41-74(73)80(61-28-10-2-11-29-61)88-77-56-54-69(71-42-24-44-75(85(71)77)87(79)88)58-46-50-67(51-47-58)91(66-38-20-7-21-39-66)68-52-48-59(49-53-68)70-55-57-78-86-72(70)43-25-45-76(86)89-83(64-34-16-5-17-35-64)81(62-30-12-3-13-31-62)82(63-32-14-4-15-33-63)84(90(78)89)65-36-18-6-19-37-65/h1-57H. The first-order valence-electron chi connectivity index (χ1n) is 31.6. The lowest BCUT2D eigenvalue weighted by Crippen LogP contribution is -2.09. The highest BCUT2D eigenvalue weighted by atomic mass is 15.1. The smallest absolute Gasteiger partial charge is 0.0462 e. The Morgan fingerprint density at radius 2 is 0.374 bits per heavy atom. The van der Waals surface area contributed by atoms with Crippen LogP contribution >= 0.6 is 0 Å². The van der Waals surface area contributed by atoms with Gasteiger partial charge in [-0.1, -0.05) is 309 Å². The summed E-state index contributed by atoms with van der Waals surface area (Å²) in [6.07, 6.45) is 0. The molecule has 18 rings (SSSR count). The lowest BCUT2D eigenvalue weighted by Gasteiger charge is -2.26. The minimum absolute atomic E-state index is 1.09. The first-order chi connectivity index (χ1) is 45.2. The summed E-state index contributed by atoms with van der Waals surface area (Å²) in [5.74, 6) is 0. The van der Waals surface area contributed by atoms with Crippen LogP contribution in [0.25, 0.3) is 166 Å². The third kappa shape index (κ3) is 8.32. The van der Waals surface area contributed by atoms with Crippen molar-refractivity contribution in [2.45, 2.75) is 0 Å². The molecule has 0 aliphatic heterocycles. The van der Waals surface area contributed by atoms with E-state index >= 15 is 0 Å². The number of rotatable bonds is 11. The fourth-order valence-electron chi connectivity index (χ4n) is 15.4. The van der Waals surface area contributed by atoms with Gasteiger partial charge in [0.2, 0.25) is 0 Å². The van der Waals surface area contributed by atoms with Crippen LogP contribution in [0.3, 0.4) is 0 Å². The summed E-state index contributed by atoms with van der Waals surface area (Å²) in [6.45, 7) is 0. The highest BCUT2D eigenvalue weighted by molar-refractivity contribution is 6.30. The molecule has 16 aromatic carbocycles. The zero-order valence-electron chi connectivity index (χ0n) is 49.9. The highest BCUT2D eigenvalue weighted by Crippen LogP contribution is 2.63. The highest BCUT2D eigenvalue weighted by Gasteiger charge is 2.35. The van der Waals surface area contributed by atoms with Gasteiger partial charge >= 0.3 is 0 Å². The average molecular weight is 1150 g/mol. The van der Waals surface area contributed by atoms with Crippen LogP contribution in [0, 0.1) is 0 Å². The summed E-state index contributed by atoms with van der Waals surface area (Å²) >= 11 is 0. The van der Waals surface area contributed by atoms with Gasteiger partial charge < -0.3 is 4.90 Å². The van der Waals surface area contributed by atoms with E-state index < -0.39 is 0 Å².